The van der Waals surface area contributed by atoms with Crippen LogP contribution in [0.5, 0.6) is 0 Å². The van der Waals surface area contributed by atoms with E-state index in [0.29, 0.717) is 12.1 Å². The fourth-order valence-electron chi connectivity index (χ4n) is 1.19. The molecule has 0 radical (unpaired) electrons. The lowest BCUT2D eigenvalue weighted by Crippen LogP contribution is -2.06. The Kier molecular flexibility index (Phi) is 2.68. The molecule has 0 aliphatic carbocycles. The molecule has 0 fully saturated rings. The van der Waals surface area contributed by atoms with Crippen LogP contribution < -0.4 is 0 Å². The number of rotatable bonds is 2. The van der Waals surface area contributed by atoms with Gasteiger partial charge in [-0.3, -0.25) is 5.10 Å². The van der Waals surface area contributed by atoms with Crippen LogP contribution in [0.25, 0.3) is 10.9 Å². The number of carbonyl (C=O) groups excluding carboxylic acids is 1. The average Bonchev–Trinajstić information content (AvgIpc) is 2.60. The number of fused-ring (bicyclic) bond motifs is 1. The maximum Gasteiger partial charge on any atom is 0.356 e. The Morgan fingerprint density at radius 3 is 3.20 bits per heavy atom. The van der Waals surface area contributed by atoms with E-state index in [0.717, 1.165) is 9.99 Å². The van der Waals surface area contributed by atoms with Gasteiger partial charge in [-0.05, 0) is 28.9 Å². The second-order valence-electron chi connectivity index (χ2n) is 2.84. The second-order valence-corrected chi connectivity index (χ2v) is 3.64. The van der Waals surface area contributed by atoms with Gasteiger partial charge in [0, 0.05) is 6.20 Å². The van der Waals surface area contributed by atoms with Crippen LogP contribution in [-0.2, 0) is 4.74 Å². The van der Waals surface area contributed by atoms with Gasteiger partial charge in [-0.15, -0.1) is 0 Å². The Morgan fingerprint density at radius 1 is 1.67 bits per heavy atom. The van der Waals surface area contributed by atoms with E-state index in [1.54, 1.807) is 19.2 Å². The predicted molar refractivity (Wildman–Crippen MR) is 57.5 cm³/mol. The monoisotopic (exact) mass is 269 g/mol. The number of nitrogens with one attached hydrogen (secondary N) is 1. The number of aromatic nitrogens is 3. The lowest BCUT2D eigenvalue weighted by molar-refractivity contribution is 0.0519. The van der Waals surface area contributed by atoms with Gasteiger partial charge in [-0.25, -0.2) is 9.78 Å². The van der Waals surface area contributed by atoms with Crippen molar-refractivity contribution in [1.82, 2.24) is 15.2 Å². The summed E-state index contributed by atoms with van der Waals surface area (Å²) in [7, 11) is 0. The van der Waals surface area contributed by atoms with E-state index >= 15 is 0 Å². The fourth-order valence-corrected chi connectivity index (χ4v) is 1.59. The molecule has 0 aliphatic rings. The van der Waals surface area contributed by atoms with Crippen molar-refractivity contribution < 1.29 is 9.53 Å². The minimum absolute atomic E-state index is 0.267. The molecule has 15 heavy (non-hydrogen) atoms. The second kappa shape index (κ2) is 3.98. The molecule has 0 aliphatic heterocycles. The number of aromatic amines is 1. The highest BCUT2D eigenvalue weighted by atomic mass is 79.9. The highest BCUT2D eigenvalue weighted by Gasteiger charge is 2.11. The molecular weight excluding hydrogens is 262 g/mol. The molecule has 78 valence electrons. The zero-order valence-corrected chi connectivity index (χ0v) is 9.54. The minimum Gasteiger partial charge on any atom is -0.461 e. The van der Waals surface area contributed by atoms with E-state index in [-0.39, 0.29) is 5.69 Å². The predicted octanol–water partition coefficient (Wildman–Crippen LogP) is 1.90. The molecule has 2 aromatic rings. The van der Waals surface area contributed by atoms with E-state index in [4.69, 9.17) is 4.74 Å². The summed E-state index contributed by atoms with van der Waals surface area (Å²) in [5.74, 6) is -0.432. The maximum absolute atomic E-state index is 11.4. The molecule has 0 amide bonds. The number of esters is 1. The Morgan fingerprint density at radius 2 is 2.47 bits per heavy atom. The number of carbonyl (C=O) groups is 1. The number of hydrogen-bond acceptors (Lipinski definition) is 4. The molecule has 0 bridgehead atoms. The molecule has 0 spiro atoms. The molecule has 1 N–H and O–H groups in total. The van der Waals surface area contributed by atoms with Crippen LogP contribution in [0.15, 0.2) is 16.9 Å². The van der Waals surface area contributed by atoms with E-state index in [1.165, 1.54) is 0 Å². The maximum atomic E-state index is 11.4. The summed E-state index contributed by atoms with van der Waals surface area (Å²) in [6.45, 7) is 2.09. The summed E-state index contributed by atoms with van der Waals surface area (Å²) in [4.78, 5) is 15.4. The van der Waals surface area contributed by atoms with Crippen molar-refractivity contribution in [2.24, 2.45) is 0 Å². The molecule has 5 nitrogen and oxygen atoms in total. The van der Waals surface area contributed by atoms with Crippen molar-refractivity contribution in [2.75, 3.05) is 6.61 Å². The molecule has 0 aromatic carbocycles. The third kappa shape index (κ3) is 1.85. The SMILES string of the molecule is CCOC(=O)c1cc2n[nH]c(Br)c2cn1. The molecule has 0 unspecified atom stereocenters. The van der Waals surface area contributed by atoms with Crippen LogP contribution in [-0.4, -0.2) is 27.8 Å². The lowest BCUT2D eigenvalue weighted by atomic mass is 10.3. The normalized spacial score (nSPS) is 10.5. The van der Waals surface area contributed by atoms with Crippen LogP contribution in [0.1, 0.15) is 17.4 Å². The van der Waals surface area contributed by atoms with Crippen LogP contribution >= 0.6 is 15.9 Å². The van der Waals surface area contributed by atoms with Gasteiger partial charge in [-0.1, -0.05) is 0 Å². The first-order valence-corrected chi connectivity index (χ1v) is 5.18. The summed E-state index contributed by atoms with van der Waals surface area (Å²) in [5.41, 5.74) is 0.947. The van der Waals surface area contributed by atoms with E-state index < -0.39 is 5.97 Å². The Bertz CT molecular complexity index is 509. The van der Waals surface area contributed by atoms with Crippen molar-refractivity contribution in [3.05, 3.63) is 22.6 Å². The minimum atomic E-state index is -0.432. The summed E-state index contributed by atoms with van der Waals surface area (Å²) in [6.07, 6.45) is 1.58. The first kappa shape index (κ1) is 10.1. The van der Waals surface area contributed by atoms with E-state index in [2.05, 4.69) is 31.1 Å². The molecule has 2 aromatic heterocycles. The number of nitrogens with zero attached hydrogens (tertiary/aromatic N) is 2. The topological polar surface area (TPSA) is 67.9 Å². The van der Waals surface area contributed by atoms with Crippen molar-refractivity contribution >= 4 is 32.8 Å². The summed E-state index contributed by atoms with van der Waals surface area (Å²) in [5, 5.41) is 7.59. The van der Waals surface area contributed by atoms with Crippen LogP contribution in [0.2, 0.25) is 0 Å². The molecule has 0 saturated heterocycles. The first-order chi connectivity index (χ1) is 7.22. The standard InChI is InChI=1S/C9H8BrN3O2/c1-2-15-9(14)7-3-6-5(4-11-7)8(10)13-12-6/h3-4H,2H2,1H3,(H,12,13). The van der Waals surface area contributed by atoms with E-state index in [1.807, 2.05) is 0 Å². The number of pyridine rings is 1. The van der Waals surface area contributed by atoms with Gasteiger partial charge in [0.05, 0.1) is 17.5 Å². The number of H-pyrrole nitrogens is 1. The summed E-state index contributed by atoms with van der Waals surface area (Å²) >= 11 is 3.28. The fraction of sp³-hybridized carbons (Fsp3) is 0.222. The Balaban J connectivity index is 2.43. The largest absolute Gasteiger partial charge is 0.461 e. The van der Waals surface area contributed by atoms with E-state index in [9.17, 15) is 4.79 Å². The van der Waals surface area contributed by atoms with Gasteiger partial charge < -0.3 is 4.74 Å². The first-order valence-electron chi connectivity index (χ1n) is 4.39. The van der Waals surface area contributed by atoms with Crippen molar-refractivity contribution in [3.63, 3.8) is 0 Å². The summed E-state index contributed by atoms with van der Waals surface area (Å²) < 4.78 is 5.58. The van der Waals surface area contributed by atoms with Crippen LogP contribution in [0, 0.1) is 0 Å². The third-order valence-electron chi connectivity index (χ3n) is 1.88. The van der Waals surface area contributed by atoms with Crippen molar-refractivity contribution in [3.8, 4) is 0 Å². The molecule has 0 saturated carbocycles. The van der Waals surface area contributed by atoms with Crippen molar-refractivity contribution in [1.29, 1.82) is 0 Å². The molecule has 2 rings (SSSR count). The van der Waals surface area contributed by atoms with Gasteiger partial charge in [0.25, 0.3) is 0 Å². The molecule has 0 atom stereocenters. The van der Waals surface area contributed by atoms with Crippen molar-refractivity contribution in [2.45, 2.75) is 6.92 Å². The average molecular weight is 270 g/mol. The highest BCUT2D eigenvalue weighted by molar-refractivity contribution is 9.10. The number of ether oxygens (including phenoxy) is 1. The van der Waals surface area contributed by atoms with Gasteiger partial charge >= 0.3 is 5.97 Å². The number of halogens is 1. The summed E-state index contributed by atoms with van der Waals surface area (Å²) in [6, 6.07) is 1.59. The lowest BCUT2D eigenvalue weighted by Gasteiger charge is -1.99. The molecule has 6 heteroatoms. The van der Waals surface area contributed by atoms with Crippen LogP contribution in [0.3, 0.4) is 0 Å². The smallest absolute Gasteiger partial charge is 0.356 e. The Labute approximate surface area is 94.0 Å². The molecule has 2 heterocycles. The third-order valence-corrected chi connectivity index (χ3v) is 2.48. The Hall–Kier alpha value is -1.43. The zero-order valence-electron chi connectivity index (χ0n) is 7.95. The number of hydrogen-bond donors (Lipinski definition) is 1. The van der Waals surface area contributed by atoms with Crippen LogP contribution in [0.4, 0.5) is 0 Å². The van der Waals surface area contributed by atoms with Gasteiger partial charge in [0.15, 0.2) is 5.69 Å². The quantitative estimate of drug-likeness (QED) is 0.846. The van der Waals surface area contributed by atoms with Gasteiger partial charge in [0.1, 0.15) is 4.60 Å². The zero-order chi connectivity index (χ0) is 10.8. The highest BCUT2D eigenvalue weighted by Crippen LogP contribution is 2.20. The van der Waals surface area contributed by atoms with Gasteiger partial charge in [0.2, 0.25) is 0 Å². The molecular formula is C9H8BrN3O2. The van der Waals surface area contributed by atoms with Gasteiger partial charge in [-0.2, -0.15) is 5.10 Å².